The minimum absolute atomic E-state index is 0.00744. The number of methoxy groups -OCH3 is 1. The quantitative estimate of drug-likeness (QED) is 0.0773. The predicted octanol–water partition coefficient (Wildman–Crippen LogP) is 7.33. The molecule has 0 spiro atoms. The third-order valence-corrected chi connectivity index (χ3v) is 5.02. The van der Waals surface area contributed by atoms with Crippen LogP contribution in [0.1, 0.15) is 12.5 Å². The van der Waals surface area contributed by atoms with Crippen LogP contribution >= 0.6 is 0 Å². The first-order chi connectivity index (χ1) is 20.9. The molecule has 0 fully saturated rings. The Morgan fingerprint density at radius 1 is 0.727 bits per heavy atom. The molecule has 44 heavy (non-hydrogen) atoms. The van der Waals surface area contributed by atoms with Crippen LogP contribution in [-0.4, -0.2) is 31.8 Å². The Morgan fingerprint density at radius 3 is 1.64 bits per heavy atom. The van der Waals surface area contributed by atoms with E-state index < -0.39 is 23.7 Å². The summed E-state index contributed by atoms with van der Waals surface area (Å²) in [7, 11) is 1.32. The number of halogens is 3. The molecule has 3 rings (SSSR count). The zero-order valence-corrected chi connectivity index (χ0v) is 23.9. The number of aldehydes is 1. The molecule has 0 heterocycles. The molecule has 0 bridgehead atoms. The van der Waals surface area contributed by atoms with E-state index in [9.17, 15) is 27.6 Å². The Bertz CT molecular complexity index is 1480. The van der Waals surface area contributed by atoms with E-state index in [1.54, 1.807) is 6.08 Å². The number of allylic oxidation sites excluding steroid dienone is 2. The number of benzene rings is 3. The van der Waals surface area contributed by atoms with Crippen molar-refractivity contribution in [3.05, 3.63) is 111 Å². The lowest BCUT2D eigenvalue weighted by Crippen LogP contribution is -2.08. The molecule has 3 aromatic carbocycles. The number of hydrogen-bond donors (Lipinski definition) is 0. The van der Waals surface area contributed by atoms with Gasteiger partial charge in [-0.05, 0) is 65.6 Å². The SMILES string of the molecule is C=CC.C=CC(=O)Oc1cc(OC(=O)C=C)cc(-c2ccc(-c3cc(OC)cc(OC=O)c3)c(C(F)(F)F)c2)c1.C=CC=O. The molecule has 0 N–H and O–H groups in total. The number of rotatable bonds is 10. The molecule has 0 unspecified atom stereocenters. The Hall–Kier alpha value is -5.71. The fourth-order valence-electron chi connectivity index (χ4n) is 3.35. The standard InChI is InChI=1S/C27H19F3O7.C3H4O.C3H6/c1-4-25(32)36-21-8-17(9-22(14-21)37-26(33)5-2)16-6-7-23(24(12-16)27(28,29)30)18-10-19(34-3)13-20(11-18)35-15-31;1-2-3-4;1-3-2/h4-15H,1-2H2,3H3;2-3H,1H2;3H,1H2,2H3. The highest BCUT2D eigenvalue weighted by Crippen LogP contribution is 2.42. The first kappa shape index (κ1) is 36.3. The smallest absolute Gasteiger partial charge is 0.417 e. The fourth-order valence-corrected chi connectivity index (χ4v) is 3.35. The van der Waals surface area contributed by atoms with Crippen LogP contribution in [0.5, 0.6) is 23.0 Å². The summed E-state index contributed by atoms with van der Waals surface area (Å²) in [5.74, 6) is -1.65. The van der Waals surface area contributed by atoms with Gasteiger partial charge in [0.1, 0.15) is 29.3 Å². The van der Waals surface area contributed by atoms with Crippen LogP contribution in [-0.2, 0) is 25.4 Å². The summed E-state index contributed by atoms with van der Waals surface area (Å²) in [6.07, 6.45) is 0.593. The molecule has 0 radical (unpaired) electrons. The van der Waals surface area contributed by atoms with E-state index in [4.69, 9.17) is 23.7 Å². The summed E-state index contributed by atoms with van der Waals surface area (Å²) in [6.45, 7) is 15.1. The highest BCUT2D eigenvalue weighted by atomic mass is 19.4. The lowest BCUT2D eigenvalue weighted by molar-refractivity contribution is -0.137. The summed E-state index contributed by atoms with van der Waals surface area (Å²) < 4.78 is 62.6. The fraction of sp³-hybridized carbons (Fsp3) is 0.0909. The Kier molecular flexibility index (Phi) is 14.8. The molecule has 0 amide bonds. The van der Waals surface area contributed by atoms with Gasteiger partial charge in [-0.25, -0.2) is 9.59 Å². The van der Waals surface area contributed by atoms with Gasteiger partial charge in [0, 0.05) is 24.3 Å². The van der Waals surface area contributed by atoms with Crippen molar-refractivity contribution in [2.24, 2.45) is 0 Å². The average Bonchev–Trinajstić information content (AvgIpc) is 3.00. The highest BCUT2D eigenvalue weighted by Gasteiger charge is 2.34. The summed E-state index contributed by atoms with van der Waals surface area (Å²) >= 11 is 0. The molecular formula is C33H29F3O8. The average molecular weight is 611 g/mol. The van der Waals surface area contributed by atoms with Gasteiger partial charge in [-0.2, -0.15) is 13.2 Å². The number of esters is 2. The molecular weight excluding hydrogens is 581 g/mol. The van der Waals surface area contributed by atoms with Gasteiger partial charge in [0.15, 0.2) is 0 Å². The van der Waals surface area contributed by atoms with E-state index in [2.05, 4.69) is 26.3 Å². The number of ether oxygens (including phenoxy) is 4. The van der Waals surface area contributed by atoms with Crippen molar-refractivity contribution in [3.8, 4) is 45.3 Å². The van der Waals surface area contributed by atoms with Crippen LogP contribution in [0.2, 0.25) is 0 Å². The lowest BCUT2D eigenvalue weighted by Gasteiger charge is -2.17. The van der Waals surface area contributed by atoms with Crippen molar-refractivity contribution in [1.29, 1.82) is 0 Å². The highest BCUT2D eigenvalue weighted by molar-refractivity contribution is 5.86. The third-order valence-electron chi connectivity index (χ3n) is 5.02. The number of hydrogen-bond acceptors (Lipinski definition) is 8. The van der Waals surface area contributed by atoms with E-state index in [0.29, 0.717) is 6.29 Å². The molecule has 0 aliphatic rings. The normalized spacial score (nSPS) is 9.75. The van der Waals surface area contributed by atoms with Crippen molar-refractivity contribution in [2.75, 3.05) is 7.11 Å². The third kappa shape index (κ3) is 11.3. The number of carbonyl (C=O) groups excluding carboxylic acids is 4. The maximum absolute atomic E-state index is 14.2. The topological polar surface area (TPSA) is 105 Å². The van der Waals surface area contributed by atoms with Crippen molar-refractivity contribution in [1.82, 2.24) is 0 Å². The van der Waals surface area contributed by atoms with Gasteiger partial charge in [0.2, 0.25) is 0 Å². The van der Waals surface area contributed by atoms with E-state index in [-0.39, 0.29) is 51.7 Å². The van der Waals surface area contributed by atoms with Crippen LogP contribution < -0.4 is 18.9 Å². The van der Waals surface area contributed by atoms with Crippen LogP contribution in [0.3, 0.4) is 0 Å². The van der Waals surface area contributed by atoms with E-state index >= 15 is 0 Å². The Labute approximate surface area is 252 Å². The zero-order chi connectivity index (χ0) is 33.3. The van der Waals surface area contributed by atoms with Gasteiger partial charge in [-0.15, -0.1) is 6.58 Å². The molecule has 8 nitrogen and oxygen atoms in total. The van der Waals surface area contributed by atoms with Crippen molar-refractivity contribution in [2.45, 2.75) is 13.1 Å². The second kappa shape index (κ2) is 18.0. The van der Waals surface area contributed by atoms with Crippen LogP contribution in [0, 0.1) is 0 Å². The van der Waals surface area contributed by atoms with Gasteiger partial charge in [-0.1, -0.05) is 37.9 Å². The van der Waals surface area contributed by atoms with Gasteiger partial charge in [0.25, 0.3) is 6.47 Å². The van der Waals surface area contributed by atoms with Gasteiger partial charge in [0.05, 0.1) is 12.7 Å². The molecule has 0 saturated heterocycles. The molecule has 3 aromatic rings. The van der Waals surface area contributed by atoms with Gasteiger partial charge in [-0.3, -0.25) is 9.59 Å². The Morgan fingerprint density at radius 2 is 1.20 bits per heavy atom. The molecule has 0 aliphatic carbocycles. The summed E-state index contributed by atoms with van der Waals surface area (Å²) in [5, 5.41) is 0. The van der Waals surface area contributed by atoms with Gasteiger partial charge < -0.3 is 18.9 Å². The molecule has 0 aliphatic heterocycles. The molecule has 0 aromatic heterocycles. The molecule has 230 valence electrons. The molecule has 0 saturated carbocycles. The maximum Gasteiger partial charge on any atom is 0.417 e. The van der Waals surface area contributed by atoms with Crippen LogP contribution in [0.25, 0.3) is 22.3 Å². The first-order valence-corrected chi connectivity index (χ1v) is 12.4. The molecule has 11 heteroatoms. The number of carbonyl (C=O) groups is 4. The molecule has 0 atom stereocenters. The monoisotopic (exact) mass is 610 g/mol. The largest absolute Gasteiger partial charge is 0.497 e. The summed E-state index contributed by atoms with van der Waals surface area (Å²) in [4.78, 5) is 43.2. The van der Waals surface area contributed by atoms with Crippen molar-refractivity contribution < 1.29 is 51.3 Å². The first-order valence-electron chi connectivity index (χ1n) is 12.4. The predicted molar refractivity (Wildman–Crippen MR) is 159 cm³/mol. The number of alkyl halides is 3. The second-order valence-electron chi connectivity index (χ2n) is 8.09. The maximum atomic E-state index is 14.2. The van der Waals surface area contributed by atoms with E-state index in [1.165, 1.54) is 61.7 Å². The summed E-state index contributed by atoms with van der Waals surface area (Å²) in [5.41, 5.74) is -0.888. The van der Waals surface area contributed by atoms with E-state index in [1.807, 2.05) is 6.92 Å². The Balaban J connectivity index is 0.00000125. The van der Waals surface area contributed by atoms with Crippen LogP contribution in [0.4, 0.5) is 13.2 Å². The summed E-state index contributed by atoms with van der Waals surface area (Å²) in [6, 6.07) is 11.3. The van der Waals surface area contributed by atoms with Crippen molar-refractivity contribution >= 4 is 24.7 Å². The lowest BCUT2D eigenvalue weighted by atomic mass is 9.94. The van der Waals surface area contributed by atoms with E-state index in [0.717, 1.165) is 18.2 Å². The van der Waals surface area contributed by atoms with Gasteiger partial charge >= 0.3 is 18.1 Å². The van der Waals surface area contributed by atoms with Crippen molar-refractivity contribution in [3.63, 3.8) is 0 Å². The minimum Gasteiger partial charge on any atom is -0.497 e. The van der Waals surface area contributed by atoms with Crippen LogP contribution in [0.15, 0.2) is 105 Å². The zero-order valence-electron chi connectivity index (χ0n) is 23.9. The second-order valence-corrected chi connectivity index (χ2v) is 8.09. The minimum atomic E-state index is -4.79.